The molecule has 1 aliphatic rings. The Morgan fingerprint density at radius 3 is 2.73 bits per heavy atom. The zero-order valence-electron chi connectivity index (χ0n) is 14.6. The van der Waals surface area contributed by atoms with Crippen LogP contribution in [0.15, 0.2) is 42.6 Å². The average molecular weight is 374 g/mol. The second kappa shape index (κ2) is 7.74. The topological polar surface area (TPSA) is 71.5 Å². The second-order valence-electron chi connectivity index (χ2n) is 6.34. The fourth-order valence-corrected chi connectivity index (χ4v) is 3.05. The molecule has 0 bridgehead atoms. The van der Waals surface area contributed by atoms with E-state index in [4.69, 9.17) is 16.3 Å². The van der Waals surface area contributed by atoms with Crippen molar-refractivity contribution in [1.29, 1.82) is 0 Å². The number of hydrogen-bond acceptors (Lipinski definition) is 4. The first-order chi connectivity index (χ1) is 12.5. The molecule has 3 rings (SSSR count). The Labute approximate surface area is 157 Å². The van der Waals surface area contributed by atoms with Crippen molar-refractivity contribution in [2.24, 2.45) is 5.92 Å². The highest BCUT2D eigenvalue weighted by Gasteiger charge is 2.33. The number of rotatable bonds is 4. The van der Waals surface area contributed by atoms with Gasteiger partial charge >= 0.3 is 0 Å². The van der Waals surface area contributed by atoms with E-state index in [-0.39, 0.29) is 17.7 Å². The Hall–Kier alpha value is -2.60. The van der Waals surface area contributed by atoms with Crippen LogP contribution in [-0.2, 0) is 4.79 Å². The number of carbonyl (C=O) groups is 2. The third-order valence-corrected chi connectivity index (χ3v) is 4.53. The number of nitrogens with zero attached hydrogens (tertiary/aromatic N) is 2. The van der Waals surface area contributed by atoms with Gasteiger partial charge in [-0.05, 0) is 30.2 Å². The van der Waals surface area contributed by atoms with E-state index in [1.54, 1.807) is 47.5 Å². The second-order valence-corrected chi connectivity index (χ2v) is 6.75. The van der Waals surface area contributed by atoms with Crippen LogP contribution >= 0.6 is 11.6 Å². The van der Waals surface area contributed by atoms with Crippen molar-refractivity contribution in [3.05, 3.63) is 53.2 Å². The Balaban J connectivity index is 1.84. The molecule has 2 amide bonds. The van der Waals surface area contributed by atoms with Crippen LogP contribution in [0.25, 0.3) is 0 Å². The van der Waals surface area contributed by atoms with Gasteiger partial charge in [-0.2, -0.15) is 0 Å². The summed E-state index contributed by atoms with van der Waals surface area (Å²) in [4.78, 5) is 31.5. The van der Waals surface area contributed by atoms with Gasteiger partial charge in [0.25, 0.3) is 5.91 Å². The van der Waals surface area contributed by atoms with E-state index in [2.05, 4.69) is 10.3 Å². The van der Waals surface area contributed by atoms with E-state index in [0.717, 1.165) is 0 Å². The summed E-state index contributed by atoms with van der Waals surface area (Å²) in [5, 5.41) is 3.17. The van der Waals surface area contributed by atoms with Gasteiger partial charge in [-0.3, -0.25) is 9.59 Å². The van der Waals surface area contributed by atoms with Crippen LogP contribution in [-0.4, -0.2) is 36.0 Å². The number of carbonyl (C=O) groups excluding carboxylic acids is 2. The number of aromatic nitrogens is 1. The van der Waals surface area contributed by atoms with Gasteiger partial charge in [0, 0.05) is 6.20 Å². The first-order valence-corrected chi connectivity index (χ1v) is 8.81. The van der Waals surface area contributed by atoms with Crippen molar-refractivity contribution in [1.82, 2.24) is 10.3 Å². The molecule has 136 valence electrons. The molecule has 0 saturated heterocycles. The van der Waals surface area contributed by atoms with Gasteiger partial charge in [-0.1, -0.05) is 37.6 Å². The summed E-state index contributed by atoms with van der Waals surface area (Å²) in [6, 6.07) is 9.61. The van der Waals surface area contributed by atoms with Gasteiger partial charge in [0.05, 0.1) is 17.1 Å². The maximum absolute atomic E-state index is 13.1. The molecule has 26 heavy (non-hydrogen) atoms. The minimum atomic E-state index is -0.690. The number of anilines is 1. The Bertz CT molecular complexity index is 825. The highest BCUT2D eigenvalue weighted by Crippen LogP contribution is 2.29. The quantitative estimate of drug-likeness (QED) is 0.894. The third-order valence-electron chi connectivity index (χ3n) is 4.20. The predicted molar refractivity (Wildman–Crippen MR) is 99.6 cm³/mol. The van der Waals surface area contributed by atoms with Crippen molar-refractivity contribution >= 4 is 29.1 Å². The maximum Gasteiger partial charge on any atom is 0.253 e. The van der Waals surface area contributed by atoms with E-state index in [0.29, 0.717) is 35.3 Å². The monoisotopic (exact) mass is 373 g/mol. The van der Waals surface area contributed by atoms with Gasteiger partial charge in [0.1, 0.15) is 18.3 Å². The van der Waals surface area contributed by atoms with Crippen LogP contribution in [0.4, 0.5) is 5.69 Å². The predicted octanol–water partition coefficient (Wildman–Crippen LogP) is 2.92. The lowest BCUT2D eigenvalue weighted by molar-refractivity contribution is -0.121. The summed E-state index contributed by atoms with van der Waals surface area (Å²) in [6.07, 6.45) is 1.62. The van der Waals surface area contributed by atoms with Crippen molar-refractivity contribution in [3.8, 4) is 5.88 Å². The molecular weight excluding hydrogens is 354 g/mol. The molecule has 0 saturated carbocycles. The normalized spacial score (nSPS) is 14.4. The molecular formula is C19H20ClN3O3. The van der Waals surface area contributed by atoms with Gasteiger partial charge < -0.3 is 15.0 Å². The Morgan fingerprint density at radius 1 is 1.23 bits per heavy atom. The minimum absolute atomic E-state index is 0.100. The molecule has 0 fully saturated rings. The molecule has 1 aliphatic heterocycles. The largest absolute Gasteiger partial charge is 0.474 e. The van der Waals surface area contributed by atoms with Crippen LogP contribution in [0.5, 0.6) is 5.88 Å². The number of benzene rings is 1. The number of pyridine rings is 1. The van der Waals surface area contributed by atoms with Crippen molar-refractivity contribution in [2.75, 3.05) is 18.1 Å². The van der Waals surface area contributed by atoms with Gasteiger partial charge in [0.2, 0.25) is 11.8 Å². The first kappa shape index (κ1) is 18.2. The zero-order valence-corrected chi connectivity index (χ0v) is 15.4. The van der Waals surface area contributed by atoms with Crippen LogP contribution in [0.2, 0.25) is 5.02 Å². The maximum atomic E-state index is 13.1. The summed E-state index contributed by atoms with van der Waals surface area (Å²) in [5.41, 5.74) is 0.957. The lowest BCUT2D eigenvalue weighted by Crippen LogP contribution is -2.53. The number of hydrogen-bond donors (Lipinski definition) is 1. The number of fused-ring (bicyclic) bond motifs is 1. The Morgan fingerprint density at radius 2 is 2.00 bits per heavy atom. The smallest absolute Gasteiger partial charge is 0.253 e. The fourth-order valence-electron chi connectivity index (χ4n) is 2.83. The molecule has 0 radical (unpaired) electrons. The van der Waals surface area contributed by atoms with Gasteiger partial charge in [-0.25, -0.2) is 4.98 Å². The van der Waals surface area contributed by atoms with Crippen molar-refractivity contribution < 1.29 is 14.3 Å². The summed E-state index contributed by atoms with van der Waals surface area (Å²) in [5.74, 6) is -0.246. The summed E-state index contributed by atoms with van der Waals surface area (Å²) in [6.45, 7) is 4.54. The average Bonchev–Trinajstić information content (AvgIpc) is 2.65. The number of nitrogens with one attached hydrogen (secondary N) is 1. The van der Waals surface area contributed by atoms with E-state index in [1.165, 1.54) is 0 Å². The molecule has 1 N–H and O–H groups in total. The van der Waals surface area contributed by atoms with Crippen molar-refractivity contribution in [3.63, 3.8) is 0 Å². The minimum Gasteiger partial charge on any atom is -0.474 e. The molecule has 1 atom stereocenters. The van der Waals surface area contributed by atoms with Crippen LogP contribution in [0.3, 0.4) is 0 Å². The summed E-state index contributed by atoms with van der Waals surface area (Å²) in [7, 11) is 0. The zero-order chi connectivity index (χ0) is 18.7. The summed E-state index contributed by atoms with van der Waals surface area (Å²) >= 11 is 6.10. The number of halogens is 1. The molecule has 2 aromatic rings. The fraction of sp³-hybridized carbons (Fsp3) is 0.316. The molecule has 1 unspecified atom stereocenters. The molecule has 1 aromatic heterocycles. The third kappa shape index (κ3) is 3.65. The standard InChI is InChI=1S/C19H20ClN3O3/c1-12(2)16(22-17(24)13-6-3-4-7-14(13)20)19(25)23-10-11-26-18-15(23)8-5-9-21-18/h3-9,12,16H,10-11H2,1-2H3,(H,22,24). The van der Waals surface area contributed by atoms with E-state index in [1.807, 2.05) is 13.8 Å². The molecule has 0 spiro atoms. The number of amides is 2. The SMILES string of the molecule is CC(C)C(NC(=O)c1ccccc1Cl)C(=O)N1CCOc2ncccc21. The molecule has 6 nitrogen and oxygen atoms in total. The summed E-state index contributed by atoms with van der Waals surface area (Å²) < 4.78 is 5.50. The van der Waals surface area contributed by atoms with Gasteiger partial charge in [-0.15, -0.1) is 0 Å². The molecule has 0 aliphatic carbocycles. The molecule has 1 aromatic carbocycles. The van der Waals surface area contributed by atoms with Crippen LogP contribution < -0.4 is 15.0 Å². The highest BCUT2D eigenvalue weighted by atomic mass is 35.5. The molecule has 2 heterocycles. The Kier molecular flexibility index (Phi) is 5.42. The lowest BCUT2D eigenvalue weighted by Gasteiger charge is -2.33. The van der Waals surface area contributed by atoms with Crippen LogP contribution in [0.1, 0.15) is 24.2 Å². The molecule has 7 heteroatoms. The van der Waals surface area contributed by atoms with E-state index < -0.39 is 6.04 Å². The first-order valence-electron chi connectivity index (χ1n) is 8.43. The van der Waals surface area contributed by atoms with E-state index in [9.17, 15) is 9.59 Å². The lowest BCUT2D eigenvalue weighted by atomic mass is 10.0. The van der Waals surface area contributed by atoms with E-state index >= 15 is 0 Å². The van der Waals surface area contributed by atoms with Crippen molar-refractivity contribution in [2.45, 2.75) is 19.9 Å². The van der Waals surface area contributed by atoms with Gasteiger partial charge in [0.15, 0.2) is 0 Å². The highest BCUT2D eigenvalue weighted by molar-refractivity contribution is 6.33. The van der Waals surface area contributed by atoms with Crippen LogP contribution in [0, 0.1) is 5.92 Å². The number of ether oxygens (including phenoxy) is 1.